The Morgan fingerprint density at radius 2 is 1.50 bits per heavy atom. The smallest absolute Gasteiger partial charge is 0.286 e. The lowest BCUT2D eigenvalue weighted by molar-refractivity contribution is 0.579. The van der Waals surface area contributed by atoms with Gasteiger partial charge in [0.05, 0.1) is 5.52 Å². The Bertz CT molecular complexity index is 1360. The highest BCUT2D eigenvalue weighted by atomic mass is 16.4. The first-order valence-corrected chi connectivity index (χ1v) is 10.7. The van der Waals surface area contributed by atoms with E-state index in [-0.39, 0.29) is 0 Å². The van der Waals surface area contributed by atoms with Gasteiger partial charge in [-0.1, -0.05) is 61.0 Å². The van der Waals surface area contributed by atoms with Crippen molar-refractivity contribution < 1.29 is 4.42 Å². The quantitative estimate of drug-likeness (QED) is 0.372. The molecule has 5 rings (SSSR count). The van der Waals surface area contributed by atoms with Crippen molar-refractivity contribution in [3.8, 4) is 23.2 Å². The Labute approximate surface area is 186 Å². The van der Waals surface area contributed by atoms with E-state index in [1.807, 2.05) is 55.5 Å². The summed E-state index contributed by atoms with van der Waals surface area (Å²) in [4.78, 5) is 9.38. The van der Waals surface area contributed by atoms with Crippen molar-refractivity contribution in [3.05, 3.63) is 89.5 Å². The van der Waals surface area contributed by atoms with E-state index in [0.717, 1.165) is 28.7 Å². The molecule has 5 aromatic rings. The number of rotatable bonds is 6. The van der Waals surface area contributed by atoms with Crippen LogP contribution in [0, 0.1) is 6.92 Å². The number of aryl methyl sites for hydroxylation is 2. The number of para-hydroxylation sites is 1. The van der Waals surface area contributed by atoms with Gasteiger partial charge in [-0.05, 0) is 48.7 Å². The van der Waals surface area contributed by atoms with Crippen LogP contribution in [0.4, 0.5) is 5.82 Å². The predicted molar refractivity (Wildman–Crippen MR) is 126 cm³/mol. The molecule has 1 N–H and O–H groups in total. The van der Waals surface area contributed by atoms with Gasteiger partial charge in [-0.3, -0.25) is 0 Å². The van der Waals surface area contributed by atoms with E-state index < -0.39 is 0 Å². The molecular weight excluding hydrogens is 398 g/mol. The standard InChI is InChI=1S/C26H23N5O/c1-3-18-10-12-19(13-11-18)16-27-23-21-6-4-5-7-22(21)28-24(29-23)26-31-30-25(32-26)20-14-8-17(2)9-15-20/h4-15H,3,16H2,1-2H3,(H,27,28,29). The topological polar surface area (TPSA) is 76.7 Å². The highest BCUT2D eigenvalue weighted by Gasteiger charge is 2.16. The summed E-state index contributed by atoms with van der Waals surface area (Å²) in [5.74, 6) is 1.88. The third-order valence-electron chi connectivity index (χ3n) is 5.41. The first-order chi connectivity index (χ1) is 15.7. The van der Waals surface area contributed by atoms with Crippen molar-refractivity contribution in [1.29, 1.82) is 0 Å². The van der Waals surface area contributed by atoms with E-state index in [4.69, 9.17) is 9.40 Å². The maximum atomic E-state index is 5.91. The first kappa shape index (κ1) is 19.9. The van der Waals surface area contributed by atoms with Gasteiger partial charge in [0.15, 0.2) is 0 Å². The maximum Gasteiger partial charge on any atom is 0.286 e. The number of fused-ring (bicyclic) bond motifs is 1. The molecule has 0 aliphatic carbocycles. The molecule has 0 aliphatic rings. The molecule has 158 valence electrons. The molecule has 0 fully saturated rings. The first-order valence-electron chi connectivity index (χ1n) is 10.7. The van der Waals surface area contributed by atoms with E-state index in [1.165, 1.54) is 16.7 Å². The summed E-state index contributed by atoms with van der Waals surface area (Å²) < 4.78 is 5.91. The van der Waals surface area contributed by atoms with Crippen LogP contribution in [0.2, 0.25) is 0 Å². The predicted octanol–water partition coefficient (Wildman–Crippen LogP) is 5.83. The van der Waals surface area contributed by atoms with Gasteiger partial charge in [-0.2, -0.15) is 0 Å². The average Bonchev–Trinajstić information content (AvgIpc) is 3.33. The summed E-state index contributed by atoms with van der Waals surface area (Å²) in [5.41, 5.74) is 5.36. The minimum absolute atomic E-state index is 0.293. The fourth-order valence-electron chi connectivity index (χ4n) is 3.51. The average molecular weight is 422 g/mol. The largest absolute Gasteiger partial charge is 0.413 e. The highest BCUT2D eigenvalue weighted by molar-refractivity contribution is 5.90. The van der Waals surface area contributed by atoms with Crippen LogP contribution in [-0.2, 0) is 13.0 Å². The second kappa shape index (κ2) is 8.59. The van der Waals surface area contributed by atoms with E-state index in [9.17, 15) is 0 Å². The fraction of sp³-hybridized carbons (Fsp3) is 0.154. The molecule has 6 nitrogen and oxygen atoms in total. The van der Waals surface area contributed by atoms with Crippen LogP contribution in [0.5, 0.6) is 0 Å². The Kier molecular flexibility index (Phi) is 5.34. The summed E-state index contributed by atoms with van der Waals surface area (Å²) in [7, 11) is 0. The van der Waals surface area contributed by atoms with Crippen molar-refractivity contribution in [2.45, 2.75) is 26.8 Å². The Balaban J connectivity index is 1.47. The Morgan fingerprint density at radius 1 is 0.781 bits per heavy atom. The van der Waals surface area contributed by atoms with E-state index in [1.54, 1.807) is 0 Å². The number of anilines is 1. The molecule has 0 amide bonds. The van der Waals surface area contributed by atoms with Gasteiger partial charge in [0.1, 0.15) is 5.82 Å². The summed E-state index contributed by atoms with van der Waals surface area (Å²) >= 11 is 0. The van der Waals surface area contributed by atoms with Crippen LogP contribution in [0.1, 0.15) is 23.6 Å². The van der Waals surface area contributed by atoms with Gasteiger partial charge in [-0.15, -0.1) is 10.2 Å². The maximum absolute atomic E-state index is 5.91. The van der Waals surface area contributed by atoms with Gasteiger partial charge in [0.25, 0.3) is 5.89 Å². The molecule has 0 radical (unpaired) electrons. The zero-order valence-corrected chi connectivity index (χ0v) is 18.0. The summed E-state index contributed by atoms with van der Waals surface area (Å²) in [6.07, 6.45) is 1.03. The number of aromatic nitrogens is 4. The van der Waals surface area contributed by atoms with Crippen LogP contribution in [0.25, 0.3) is 34.1 Å². The fourth-order valence-corrected chi connectivity index (χ4v) is 3.51. The lowest BCUT2D eigenvalue weighted by Gasteiger charge is -2.10. The van der Waals surface area contributed by atoms with Crippen molar-refractivity contribution in [3.63, 3.8) is 0 Å². The number of nitrogens with zero attached hydrogens (tertiary/aromatic N) is 4. The number of benzene rings is 3. The number of hydrogen-bond donors (Lipinski definition) is 1. The zero-order valence-electron chi connectivity index (χ0n) is 18.0. The lowest BCUT2D eigenvalue weighted by atomic mass is 10.1. The summed E-state index contributed by atoms with van der Waals surface area (Å²) in [6, 6.07) is 24.5. The molecule has 0 aliphatic heterocycles. The summed E-state index contributed by atoms with van der Waals surface area (Å²) in [6.45, 7) is 4.85. The second-order valence-electron chi connectivity index (χ2n) is 7.71. The van der Waals surface area contributed by atoms with E-state index in [2.05, 4.69) is 51.7 Å². The van der Waals surface area contributed by atoms with E-state index >= 15 is 0 Å². The van der Waals surface area contributed by atoms with Crippen LogP contribution in [0.3, 0.4) is 0 Å². The van der Waals surface area contributed by atoms with Crippen molar-refractivity contribution in [2.24, 2.45) is 0 Å². The van der Waals surface area contributed by atoms with Gasteiger partial charge in [0, 0.05) is 17.5 Å². The third-order valence-corrected chi connectivity index (χ3v) is 5.41. The molecule has 3 aromatic carbocycles. The molecule has 2 aromatic heterocycles. The van der Waals surface area contributed by atoms with Crippen molar-refractivity contribution in [2.75, 3.05) is 5.32 Å². The van der Waals surface area contributed by atoms with Crippen molar-refractivity contribution >= 4 is 16.7 Å². The second-order valence-corrected chi connectivity index (χ2v) is 7.71. The molecule has 0 bridgehead atoms. The molecule has 32 heavy (non-hydrogen) atoms. The van der Waals surface area contributed by atoms with Gasteiger partial charge in [0.2, 0.25) is 11.7 Å². The highest BCUT2D eigenvalue weighted by Crippen LogP contribution is 2.27. The molecular formula is C26H23N5O. The number of nitrogens with one attached hydrogen (secondary N) is 1. The Hall–Kier alpha value is -4.06. The minimum atomic E-state index is 0.293. The normalized spacial score (nSPS) is 11.1. The van der Waals surface area contributed by atoms with Crippen LogP contribution >= 0.6 is 0 Å². The molecule has 0 spiro atoms. The monoisotopic (exact) mass is 421 g/mol. The molecule has 6 heteroatoms. The van der Waals surface area contributed by atoms with Gasteiger partial charge >= 0.3 is 0 Å². The molecule has 0 saturated carbocycles. The summed E-state index contributed by atoms with van der Waals surface area (Å²) in [5, 5.41) is 12.8. The lowest BCUT2D eigenvalue weighted by Crippen LogP contribution is -2.04. The van der Waals surface area contributed by atoms with Crippen LogP contribution in [0.15, 0.2) is 77.2 Å². The zero-order chi connectivity index (χ0) is 21.9. The van der Waals surface area contributed by atoms with E-state index in [0.29, 0.717) is 24.2 Å². The molecule has 2 heterocycles. The SMILES string of the molecule is CCc1ccc(CNc2nc(-c3nnc(-c4ccc(C)cc4)o3)nc3ccccc23)cc1. The minimum Gasteiger partial charge on any atom is -0.413 e. The molecule has 0 atom stereocenters. The van der Waals surface area contributed by atoms with Gasteiger partial charge < -0.3 is 9.73 Å². The third kappa shape index (κ3) is 4.07. The number of hydrogen-bond acceptors (Lipinski definition) is 6. The van der Waals surface area contributed by atoms with Crippen LogP contribution in [-0.4, -0.2) is 20.2 Å². The molecule has 0 unspecified atom stereocenters. The van der Waals surface area contributed by atoms with Crippen LogP contribution < -0.4 is 5.32 Å². The Morgan fingerprint density at radius 3 is 2.28 bits per heavy atom. The van der Waals surface area contributed by atoms with Gasteiger partial charge in [-0.25, -0.2) is 9.97 Å². The van der Waals surface area contributed by atoms with Crippen molar-refractivity contribution in [1.82, 2.24) is 20.2 Å². The molecule has 0 saturated heterocycles.